The molecule has 4 heteroatoms. The van der Waals surface area contributed by atoms with Gasteiger partial charge in [-0.3, -0.25) is 0 Å². The van der Waals surface area contributed by atoms with Crippen LogP contribution in [0.5, 0.6) is 0 Å². The summed E-state index contributed by atoms with van der Waals surface area (Å²) < 4.78 is 5.48. The molecule has 1 saturated heterocycles. The fourth-order valence-corrected chi connectivity index (χ4v) is 3.00. The Balaban J connectivity index is 2.14. The Morgan fingerprint density at radius 2 is 1.94 bits per heavy atom. The third-order valence-corrected chi connectivity index (χ3v) is 4.41. The van der Waals surface area contributed by atoms with Crippen molar-refractivity contribution >= 4 is 23.2 Å². The predicted molar refractivity (Wildman–Crippen MR) is 76.6 cm³/mol. The van der Waals surface area contributed by atoms with Gasteiger partial charge in [0.05, 0.1) is 10.0 Å². The minimum Gasteiger partial charge on any atom is -0.381 e. The van der Waals surface area contributed by atoms with Crippen molar-refractivity contribution in [2.24, 2.45) is 5.41 Å². The monoisotopic (exact) mass is 287 g/mol. The van der Waals surface area contributed by atoms with E-state index in [1.165, 1.54) is 5.56 Å². The topological polar surface area (TPSA) is 21.3 Å². The van der Waals surface area contributed by atoms with Crippen LogP contribution in [0.1, 0.15) is 18.4 Å². The number of ether oxygens (including phenoxy) is 1. The maximum absolute atomic E-state index is 6.08. The number of hydrogen-bond acceptors (Lipinski definition) is 2. The summed E-state index contributed by atoms with van der Waals surface area (Å²) in [5, 5.41) is 4.57. The van der Waals surface area contributed by atoms with E-state index in [-0.39, 0.29) is 5.41 Å². The summed E-state index contributed by atoms with van der Waals surface area (Å²) in [6, 6.07) is 5.93. The zero-order valence-electron chi connectivity index (χ0n) is 10.6. The maximum Gasteiger partial charge on any atom is 0.0595 e. The zero-order chi connectivity index (χ0) is 13.0. The molecule has 2 rings (SSSR count). The molecule has 0 saturated carbocycles. The minimum absolute atomic E-state index is 0.282. The summed E-state index contributed by atoms with van der Waals surface area (Å²) in [5.74, 6) is 0. The molecule has 0 spiro atoms. The lowest BCUT2D eigenvalue weighted by atomic mass is 9.75. The summed E-state index contributed by atoms with van der Waals surface area (Å²) in [6.45, 7) is 2.71. The smallest absolute Gasteiger partial charge is 0.0595 e. The van der Waals surface area contributed by atoms with Crippen molar-refractivity contribution < 1.29 is 4.74 Å². The van der Waals surface area contributed by atoms with E-state index in [0.717, 1.165) is 39.0 Å². The quantitative estimate of drug-likeness (QED) is 0.914. The van der Waals surface area contributed by atoms with Gasteiger partial charge in [0, 0.05) is 19.8 Å². The van der Waals surface area contributed by atoms with E-state index >= 15 is 0 Å². The summed E-state index contributed by atoms with van der Waals surface area (Å²) >= 11 is 12.0. The highest BCUT2D eigenvalue weighted by Crippen LogP contribution is 2.35. The molecule has 2 nitrogen and oxygen atoms in total. The fourth-order valence-electron chi connectivity index (χ4n) is 2.68. The molecule has 1 aromatic carbocycles. The molecule has 0 unspecified atom stereocenters. The highest BCUT2D eigenvalue weighted by atomic mass is 35.5. The first-order chi connectivity index (χ1) is 8.65. The highest BCUT2D eigenvalue weighted by Gasteiger charge is 2.32. The lowest BCUT2D eigenvalue weighted by Gasteiger charge is -2.37. The molecular formula is C14H19Cl2NO. The third kappa shape index (κ3) is 3.39. The van der Waals surface area contributed by atoms with E-state index in [1.807, 2.05) is 19.2 Å². The first-order valence-electron chi connectivity index (χ1n) is 6.31. The van der Waals surface area contributed by atoms with Crippen LogP contribution in [-0.4, -0.2) is 26.8 Å². The van der Waals surface area contributed by atoms with Crippen LogP contribution in [0.4, 0.5) is 0 Å². The summed E-state index contributed by atoms with van der Waals surface area (Å²) in [7, 11) is 2.01. The van der Waals surface area contributed by atoms with Crippen molar-refractivity contribution in [2.75, 3.05) is 26.8 Å². The second-order valence-corrected chi connectivity index (χ2v) is 5.88. The van der Waals surface area contributed by atoms with Gasteiger partial charge >= 0.3 is 0 Å². The van der Waals surface area contributed by atoms with Crippen LogP contribution in [0.15, 0.2) is 18.2 Å². The number of benzene rings is 1. The second kappa shape index (κ2) is 6.25. The Labute approximate surface area is 119 Å². The average molecular weight is 288 g/mol. The molecule has 18 heavy (non-hydrogen) atoms. The van der Waals surface area contributed by atoms with E-state index in [4.69, 9.17) is 27.9 Å². The minimum atomic E-state index is 0.282. The lowest BCUT2D eigenvalue weighted by molar-refractivity contribution is 0.0158. The Kier molecular flexibility index (Phi) is 4.91. The van der Waals surface area contributed by atoms with Crippen molar-refractivity contribution in [1.29, 1.82) is 0 Å². The van der Waals surface area contributed by atoms with Crippen LogP contribution in [0.3, 0.4) is 0 Å². The van der Waals surface area contributed by atoms with Crippen LogP contribution in [-0.2, 0) is 11.2 Å². The van der Waals surface area contributed by atoms with Crippen LogP contribution < -0.4 is 5.32 Å². The molecule has 1 N–H and O–H groups in total. The summed E-state index contributed by atoms with van der Waals surface area (Å²) in [5.41, 5.74) is 1.53. The van der Waals surface area contributed by atoms with Gasteiger partial charge in [0.25, 0.3) is 0 Å². The Hall–Kier alpha value is -0.280. The van der Waals surface area contributed by atoms with Crippen LogP contribution in [0.2, 0.25) is 10.0 Å². The summed E-state index contributed by atoms with van der Waals surface area (Å²) in [6.07, 6.45) is 3.20. The van der Waals surface area contributed by atoms with Gasteiger partial charge in [-0.05, 0) is 49.4 Å². The SMILES string of the molecule is CNCC1(Cc2ccc(Cl)c(Cl)c2)CCOCC1. The van der Waals surface area contributed by atoms with E-state index < -0.39 is 0 Å². The van der Waals surface area contributed by atoms with Gasteiger partial charge in [0.1, 0.15) is 0 Å². The van der Waals surface area contributed by atoms with Crippen molar-refractivity contribution in [3.05, 3.63) is 33.8 Å². The molecule has 100 valence electrons. The Bertz CT molecular complexity index is 397. The maximum atomic E-state index is 6.08. The summed E-state index contributed by atoms with van der Waals surface area (Å²) in [4.78, 5) is 0. The van der Waals surface area contributed by atoms with Crippen molar-refractivity contribution in [1.82, 2.24) is 5.32 Å². The first kappa shape index (κ1) is 14.1. The molecule has 0 amide bonds. The molecule has 0 bridgehead atoms. The third-order valence-electron chi connectivity index (χ3n) is 3.67. The molecule has 1 aliphatic heterocycles. The molecule has 0 radical (unpaired) electrons. The van der Waals surface area contributed by atoms with E-state index in [2.05, 4.69) is 11.4 Å². The normalized spacial score (nSPS) is 18.8. The number of nitrogens with one attached hydrogen (secondary N) is 1. The van der Waals surface area contributed by atoms with E-state index in [0.29, 0.717) is 10.0 Å². The van der Waals surface area contributed by atoms with Gasteiger partial charge in [-0.1, -0.05) is 29.3 Å². The largest absolute Gasteiger partial charge is 0.381 e. The molecule has 1 fully saturated rings. The average Bonchev–Trinajstić information content (AvgIpc) is 2.35. The number of hydrogen-bond donors (Lipinski definition) is 1. The zero-order valence-corrected chi connectivity index (χ0v) is 12.2. The van der Waals surface area contributed by atoms with Crippen LogP contribution >= 0.6 is 23.2 Å². The van der Waals surface area contributed by atoms with E-state index in [9.17, 15) is 0 Å². The van der Waals surface area contributed by atoms with Crippen LogP contribution in [0, 0.1) is 5.41 Å². The molecule has 1 heterocycles. The molecule has 1 aliphatic rings. The first-order valence-corrected chi connectivity index (χ1v) is 7.07. The fraction of sp³-hybridized carbons (Fsp3) is 0.571. The molecule has 0 aromatic heterocycles. The van der Waals surface area contributed by atoms with Gasteiger partial charge in [-0.2, -0.15) is 0 Å². The van der Waals surface area contributed by atoms with Gasteiger partial charge in [-0.25, -0.2) is 0 Å². The Morgan fingerprint density at radius 3 is 2.56 bits per heavy atom. The Morgan fingerprint density at radius 1 is 1.22 bits per heavy atom. The number of halogens is 2. The van der Waals surface area contributed by atoms with Crippen LogP contribution in [0.25, 0.3) is 0 Å². The highest BCUT2D eigenvalue weighted by molar-refractivity contribution is 6.42. The van der Waals surface area contributed by atoms with Gasteiger partial charge < -0.3 is 10.1 Å². The predicted octanol–water partition coefficient (Wildman–Crippen LogP) is 3.55. The van der Waals surface area contributed by atoms with Crippen molar-refractivity contribution in [3.63, 3.8) is 0 Å². The second-order valence-electron chi connectivity index (χ2n) is 5.07. The van der Waals surface area contributed by atoms with Gasteiger partial charge in [-0.15, -0.1) is 0 Å². The molecular weight excluding hydrogens is 269 g/mol. The van der Waals surface area contributed by atoms with Gasteiger partial charge in [0.15, 0.2) is 0 Å². The molecule has 1 aromatic rings. The van der Waals surface area contributed by atoms with Crippen molar-refractivity contribution in [2.45, 2.75) is 19.3 Å². The van der Waals surface area contributed by atoms with Gasteiger partial charge in [0.2, 0.25) is 0 Å². The lowest BCUT2D eigenvalue weighted by Crippen LogP contribution is -2.39. The molecule has 0 aliphatic carbocycles. The molecule has 0 atom stereocenters. The van der Waals surface area contributed by atoms with Crippen molar-refractivity contribution in [3.8, 4) is 0 Å². The standard InChI is InChI=1S/C14H19Cl2NO/c1-17-10-14(4-6-18-7-5-14)9-11-2-3-12(15)13(16)8-11/h2-3,8,17H,4-7,9-10H2,1H3. The number of rotatable bonds is 4. The van der Waals surface area contributed by atoms with E-state index in [1.54, 1.807) is 0 Å².